The summed E-state index contributed by atoms with van der Waals surface area (Å²) >= 11 is 0. The molecule has 5 rings (SSSR count). The molecule has 1 aliphatic carbocycles. The predicted octanol–water partition coefficient (Wildman–Crippen LogP) is 4.89. The lowest BCUT2D eigenvalue weighted by Gasteiger charge is -2.32. The van der Waals surface area contributed by atoms with Crippen LogP contribution in [-0.4, -0.2) is 82.5 Å². The minimum absolute atomic E-state index is 0.00132. The highest BCUT2D eigenvalue weighted by atomic mass is 19.1. The van der Waals surface area contributed by atoms with E-state index >= 15 is 0 Å². The van der Waals surface area contributed by atoms with Gasteiger partial charge in [0.15, 0.2) is 17.5 Å². The molecule has 10 nitrogen and oxygen atoms in total. The maximum Gasteiger partial charge on any atom is 0.317 e. The number of carbonyl (C=O) groups is 1. The minimum atomic E-state index is -0.563. The molecule has 0 aromatic carbocycles. The van der Waals surface area contributed by atoms with Crippen molar-refractivity contribution in [1.29, 1.82) is 0 Å². The van der Waals surface area contributed by atoms with Crippen molar-refractivity contribution in [3.8, 4) is 11.4 Å². The fourth-order valence-corrected chi connectivity index (χ4v) is 5.76. The number of H-pyrrole nitrogens is 1. The number of rotatable bonds is 12. The smallest absolute Gasteiger partial charge is 0.317 e. The SMILES string of the molecule is CCOCCOCCCC1CCN(C(=O)N[C@@H]2CCCC(Nc3nc(-c4c[nH]c5ncc(F)cc45)ncc3F)C2)C1. The molecule has 2 aliphatic rings. The molecule has 1 saturated heterocycles. The first-order chi connectivity index (χ1) is 20.0. The summed E-state index contributed by atoms with van der Waals surface area (Å²) in [4.78, 5) is 30.5. The van der Waals surface area contributed by atoms with Gasteiger partial charge in [0.25, 0.3) is 0 Å². The summed E-state index contributed by atoms with van der Waals surface area (Å²) in [6, 6.07) is 1.27. The second kappa shape index (κ2) is 14.0. The lowest BCUT2D eigenvalue weighted by molar-refractivity contribution is 0.0503. The molecular weight excluding hydrogens is 532 g/mol. The number of urea groups is 1. The molecule has 2 fully saturated rings. The maximum absolute atomic E-state index is 14.7. The van der Waals surface area contributed by atoms with E-state index < -0.39 is 11.6 Å². The lowest BCUT2D eigenvalue weighted by Crippen LogP contribution is -2.47. The van der Waals surface area contributed by atoms with Crippen LogP contribution in [0.3, 0.4) is 0 Å². The molecule has 0 bridgehead atoms. The Balaban J connectivity index is 1.10. The van der Waals surface area contributed by atoms with Crippen LogP contribution in [0.4, 0.5) is 19.4 Å². The van der Waals surface area contributed by atoms with Crippen molar-refractivity contribution in [3.05, 3.63) is 36.3 Å². The molecule has 2 unspecified atom stereocenters. The summed E-state index contributed by atoms with van der Waals surface area (Å²) in [5.41, 5.74) is 1.04. The number of likely N-dealkylation sites (tertiary alicyclic amines) is 1. The zero-order chi connectivity index (χ0) is 28.6. The number of pyridine rings is 1. The normalized spacial score (nSPS) is 21.0. The molecule has 41 heavy (non-hydrogen) atoms. The topological polar surface area (TPSA) is 117 Å². The van der Waals surface area contributed by atoms with Crippen molar-refractivity contribution in [1.82, 2.24) is 30.2 Å². The second-order valence-electron chi connectivity index (χ2n) is 10.8. The number of amides is 2. The van der Waals surface area contributed by atoms with E-state index in [-0.39, 0.29) is 29.8 Å². The Hall–Kier alpha value is -3.38. The van der Waals surface area contributed by atoms with Crippen LogP contribution in [0.1, 0.15) is 51.9 Å². The van der Waals surface area contributed by atoms with Gasteiger partial charge in [-0.3, -0.25) is 0 Å². The van der Waals surface area contributed by atoms with Crippen molar-refractivity contribution < 1.29 is 23.0 Å². The molecule has 1 saturated carbocycles. The van der Waals surface area contributed by atoms with E-state index in [0.29, 0.717) is 48.8 Å². The third-order valence-corrected chi connectivity index (χ3v) is 7.88. The van der Waals surface area contributed by atoms with Gasteiger partial charge in [0.2, 0.25) is 0 Å². The first-order valence-corrected chi connectivity index (χ1v) is 14.6. The van der Waals surface area contributed by atoms with Crippen LogP contribution >= 0.6 is 0 Å². The fraction of sp³-hybridized carbons (Fsp3) is 0.586. The summed E-state index contributed by atoms with van der Waals surface area (Å²) in [7, 11) is 0. The number of halogens is 2. The van der Waals surface area contributed by atoms with Crippen molar-refractivity contribution >= 4 is 22.9 Å². The van der Waals surface area contributed by atoms with E-state index in [1.807, 2.05) is 11.8 Å². The Labute approximate surface area is 238 Å². The molecule has 1 aliphatic heterocycles. The van der Waals surface area contributed by atoms with Gasteiger partial charge in [-0.05, 0) is 63.9 Å². The van der Waals surface area contributed by atoms with Crippen LogP contribution < -0.4 is 10.6 Å². The Kier molecular flexibility index (Phi) is 9.94. The molecule has 3 N–H and O–H groups in total. The van der Waals surface area contributed by atoms with Crippen molar-refractivity contribution in [2.75, 3.05) is 44.8 Å². The number of ether oxygens (including phenoxy) is 2. The van der Waals surface area contributed by atoms with Gasteiger partial charge < -0.3 is 30.0 Å². The quantitative estimate of drug-likeness (QED) is 0.265. The van der Waals surface area contributed by atoms with Crippen LogP contribution in [0.15, 0.2) is 24.7 Å². The number of carbonyl (C=O) groups excluding carboxylic acids is 1. The van der Waals surface area contributed by atoms with E-state index in [1.54, 1.807) is 6.20 Å². The van der Waals surface area contributed by atoms with E-state index in [2.05, 4.69) is 30.6 Å². The van der Waals surface area contributed by atoms with Gasteiger partial charge in [-0.2, -0.15) is 0 Å². The third-order valence-electron chi connectivity index (χ3n) is 7.88. The first kappa shape index (κ1) is 29.1. The summed E-state index contributed by atoms with van der Waals surface area (Å²) in [5, 5.41) is 6.95. The van der Waals surface area contributed by atoms with E-state index in [9.17, 15) is 13.6 Å². The summed E-state index contributed by atoms with van der Waals surface area (Å²) in [6.45, 7) is 6.18. The monoisotopic (exact) mass is 571 g/mol. The van der Waals surface area contributed by atoms with Gasteiger partial charge in [0.1, 0.15) is 11.5 Å². The molecular formula is C29H39F2N7O3. The molecule has 2 amide bonds. The largest absolute Gasteiger partial charge is 0.379 e. The maximum atomic E-state index is 14.7. The van der Waals surface area contributed by atoms with Crippen molar-refractivity contribution in [2.45, 2.75) is 64.0 Å². The molecule has 12 heteroatoms. The van der Waals surface area contributed by atoms with E-state index in [1.165, 1.54) is 6.07 Å². The zero-order valence-corrected chi connectivity index (χ0v) is 23.5. The first-order valence-electron chi connectivity index (χ1n) is 14.6. The molecule has 222 valence electrons. The van der Waals surface area contributed by atoms with E-state index in [4.69, 9.17) is 9.47 Å². The van der Waals surface area contributed by atoms with Gasteiger partial charge in [0, 0.05) is 55.5 Å². The molecule has 3 aromatic heterocycles. The molecule has 0 spiro atoms. The second-order valence-corrected chi connectivity index (χ2v) is 10.8. The van der Waals surface area contributed by atoms with Crippen LogP contribution in [-0.2, 0) is 9.47 Å². The highest BCUT2D eigenvalue weighted by molar-refractivity contribution is 5.91. The summed E-state index contributed by atoms with van der Waals surface area (Å²) in [6.07, 6.45) is 10.2. The summed E-state index contributed by atoms with van der Waals surface area (Å²) in [5.74, 6) is -0.177. The highest BCUT2D eigenvalue weighted by Crippen LogP contribution is 2.29. The number of aromatic amines is 1. The minimum Gasteiger partial charge on any atom is -0.379 e. The predicted molar refractivity (Wildman–Crippen MR) is 151 cm³/mol. The Morgan fingerprint density at radius 1 is 1.12 bits per heavy atom. The zero-order valence-electron chi connectivity index (χ0n) is 23.5. The molecule has 0 radical (unpaired) electrons. The van der Waals surface area contributed by atoms with Crippen LogP contribution in [0.2, 0.25) is 0 Å². The number of hydrogen-bond acceptors (Lipinski definition) is 7. The van der Waals surface area contributed by atoms with Crippen LogP contribution in [0, 0.1) is 17.6 Å². The van der Waals surface area contributed by atoms with Crippen molar-refractivity contribution in [3.63, 3.8) is 0 Å². The Morgan fingerprint density at radius 2 is 1.98 bits per heavy atom. The number of nitrogens with zero attached hydrogens (tertiary/aromatic N) is 4. The number of nitrogens with one attached hydrogen (secondary N) is 3. The Bertz CT molecular complexity index is 1310. The van der Waals surface area contributed by atoms with Gasteiger partial charge in [0.05, 0.1) is 25.6 Å². The Morgan fingerprint density at radius 3 is 2.85 bits per heavy atom. The number of fused-ring (bicyclic) bond motifs is 1. The van der Waals surface area contributed by atoms with Crippen LogP contribution in [0.5, 0.6) is 0 Å². The van der Waals surface area contributed by atoms with Gasteiger partial charge in [-0.15, -0.1) is 0 Å². The highest BCUT2D eigenvalue weighted by Gasteiger charge is 2.30. The molecule has 3 atom stereocenters. The lowest BCUT2D eigenvalue weighted by atomic mass is 9.91. The average Bonchev–Trinajstić information content (AvgIpc) is 3.61. The average molecular weight is 572 g/mol. The number of anilines is 1. The fourth-order valence-electron chi connectivity index (χ4n) is 5.76. The third kappa shape index (κ3) is 7.68. The van der Waals surface area contributed by atoms with Gasteiger partial charge in [-0.1, -0.05) is 0 Å². The number of aromatic nitrogens is 4. The van der Waals surface area contributed by atoms with Crippen LogP contribution in [0.25, 0.3) is 22.4 Å². The molecule has 4 heterocycles. The van der Waals surface area contributed by atoms with Gasteiger partial charge >= 0.3 is 6.03 Å². The number of hydrogen-bond donors (Lipinski definition) is 3. The molecule has 3 aromatic rings. The van der Waals surface area contributed by atoms with E-state index in [0.717, 1.165) is 70.6 Å². The van der Waals surface area contributed by atoms with Gasteiger partial charge in [-0.25, -0.2) is 28.5 Å². The standard InChI is InChI=1S/C29H39F2N7O3/c1-2-40-11-12-41-10-4-5-19-8-9-38(18-19)29(39)36-22-7-3-6-21(14-22)35-28-25(31)17-34-27(37-28)24-16-33-26-23(24)13-20(30)15-32-26/h13,15-17,19,21-22H,2-12,14,18H2,1H3,(H,32,33)(H,36,39)(H,34,35,37)/t19?,21?,22-/m1/s1. The van der Waals surface area contributed by atoms with Crippen molar-refractivity contribution in [2.24, 2.45) is 5.92 Å². The summed E-state index contributed by atoms with van der Waals surface area (Å²) < 4.78 is 39.4.